The summed E-state index contributed by atoms with van der Waals surface area (Å²) in [6.07, 6.45) is 2.15. The van der Waals surface area contributed by atoms with Crippen molar-refractivity contribution in [2.24, 2.45) is 5.92 Å². The molecule has 0 fully saturated rings. The van der Waals surface area contributed by atoms with Crippen LogP contribution in [0.4, 0.5) is 0 Å². The maximum absolute atomic E-state index is 10.4. The van der Waals surface area contributed by atoms with Crippen LogP contribution in [-0.2, 0) is 9.59 Å². The lowest BCUT2D eigenvalue weighted by molar-refractivity contribution is -0.455. The lowest BCUT2D eigenvalue weighted by Crippen LogP contribution is -2.14. The molecular formula is C9H16N2O4. The highest BCUT2D eigenvalue weighted by atomic mass is 16.4. The van der Waals surface area contributed by atoms with Crippen LogP contribution in [0.2, 0.25) is 0 Å². The molecule has 0 aromatic carbocycles. The van der Waals surface area contributed by atoms with Crippen LogP contribution in [0, 0.1) is 5.92 Å². The SMILES string of the molecule is CC(CC=[N+]([NH-])CCCC(=O)O)C(=O)O. The van der Waals surface area contributed by atoms with Crippen molar-refractivity contribution in [3.63, 3.8) is 0 Å². The molecule has 0 aliphatic rings. The number of carboxylic acids is 2. The molecule has 0 saturated carbocycles. The summed E-state index contributed by atoms with van der Waals surface area (Å²) in [5.41, 5.74) is 0. The van der Waals surface area contributed by atoms with Crippen molar-refractivity contribution in [1.82, 2.24) is 0 Å². The van der Waals surface area contributed by atoms with E-state index in [1.165, 1.54) is 6.21 Å². The van der Waals surface area contributed by atoms with Gasteiger partial charge in [0, 0.05) is 12.8 Å². The first-order valence-corrected chi connectivity index (χ1v) is 4.69. The summed E-state index contributed by atoms with van der Waals surface area (Å²) in [6.45, 7) is 1.86. The Morgan fingerprint density at radius 1 is 1.47 bits per heavy atom. The largest absolute Gasteiger partial charge is 0.481 e. The zero-order chi connectivity index (χ0) is 11.8. The summed E-state index contributed by atoms with van der Waals surface area (Å²) in [7, 11) is 0. The predicted molar refractivity (Wildman–Crippen MR) is 53.8 cm³/mol. The third-order valence-corrected chi connectivity index (χ3v) is 1.89. The van der Waals surface area contributed by atoms with Gasteiger partial charge in [-0.25, -0.2) is 0 Å². The van der Waals surface area contributed by atoms with Crippen molar-refractivity contribution in [2.75, 3.05) is 6.54 Å². The topological polar surface area (TPSA) is 101 Å². The number of carboxylic acid groups (broad SMARTS) is 2. The number of nitrogens with zero attached hydrogens (tertiary/aromatic N) is 1. The molecule has 0 aliphatic carbocycles. The van der Waals surface area contributed by atoms with Crippen LogP contribution in [0.25, 0.3) is 5.84 Å². The summed E-state index contributed by atoms with van der Waals surface area (Å²) < 4.78 is 1.09. The fourth-order valence-corrected chi connectivity index (χ4v) is 0.878. The van der Waals surface area contributed by atoms with E-state index in [4.69, 9.17) is 16.1 Å². The van der Waals surface area contributed by atoms with Crippen molar-refractivity contribution < 1.29 is 24.5 Å². The van der Waals surface area contributed by atoms with Gasteiger partial charge in [-0.3, -0.25) is 14.3 Å². The van der Waals surface area contributed by atoms with Gasteiger partial charge >= 0.3 is 11.9 Å². The van der Waals surface area contributed by atoms with Gasteiger partial charge in [0.25, 0.3) is 0 Å². The van der Waals surface area contributed by atoms with Crippen LogP contribution in [0.1, 0.15) is 26.2 Å². The Balaban J connectivity index is 3.79. The van der Waals surface area contributed by atoms with E-state index in [1.54, 1.807) is 6.92 Å². The molecule has 0 rings (SSSR count). The molecule has 0 aromatic heterocycles. The van der Waals surface area contributed by atoms with Gasteiger partial charge in [0.1, 0.15) is 12.8 Å². The van der Waals surface area contributed by atoms with Gasteiger partial charge in [0.2, 0.25) is 0 Å². The van der Waals surface area contributed by atoms with Crippen LogP contribution in [-0.4, -0.2) is 39.6 Å². The van der Waals surface area contributed by atoms with E-state index >= 15 is 0 Å². The molecule has 0 aliphatic heterocycles. The van der Waals surface area contributed by atoms with E-state index in [-0.39, 0.29) is 12.8 Å². The van der Waals surface area contributed by atoms with Crippen molar-refractivity contribution >= 4 is 18.2 Å². The van der Waals surface area contributed by atoms with Gasteiger partial charge in [-0.15, -0.1) is 0 Å². The van der Waals surface area contributed by atoms with Crippen LogP contribution >= 0.6 is 0 Å². The fourth-order valence-electron chi connectivity index (χ4n) is 0.878. The zero-order valence-corrected chi connectivity index (χ0v) is 8.64. The highest BCUT2D eigenvalue weighted by Gasteiger charge is 2.10. The summed E-state index contributed by atoms with van der Waals surface area (Å²) in [6, 6.07) is 0. The van der Waals surface area contributed by atoms with Crippen molar-refractivity contribution in [2.45, 2.75) is 26.2 Å². The van der Waals surface area contributed by atoms with Gasteiger partial charge < -0.3 is 16.1 Å². The Morgan fingerprint density at radius 3 is 2.53 bits per heavy atom. The molecule has 0 bridgehead atoms. The first kappa shape index (κ1) is 13.4. The van der Waals surface area contributed by atoms with Crippen molar-refractivity contribution in [3.8, 4) is 0 Å². The summed E-state index contributed by atoms with van der Waals surface area (Å²) in [4.78, 5) is 20.6. The number of carbonyl (C=O) groups is 2. The Kier molecular flexibility index (Phi) is 6.08. The second-order valence-corrected chi connectivity index (χ2v) is 3.35. The van der Waals surface area contributed by atoms with Gasteiger partial charge in [0.05, 0.1) is 12.3 Å². The molecule has 86 valence electrons. The van der Waals surface area contributed by atoms with Crippen LogP contribution in [0.3, 0.4) is 0 Å². The third-order valence-electron chi connectivity index (χ3n) is 1.89. The molecule has 15 heavy (non-hydrogen) atoms. The van der Waals surface area contributed by atoms with E-state index in [0.717, 1.165) is 4.68 Å². The van der Waals surface area contributed by atoms with Crippen molar-refractivity contribution in [1.29, 1.82) is 0 Å². The number of hydrogen-bond acceptors (Lipinski definition) is 2. The monoisotopic (exact) mass is 216 g/mol. The second-order valence-electron chi connectivity index (χ2n) is 3.35. The fraction of sp³-hybridized carbons (Fsp3) is 0.667. The average molecular weight is 216 g/mol. The minimum Gasteiger partial charge on any atom is -0.481 e. The maximum atomic E-state index is 10.4. The molecule has 6 nitrogen and oxygen atoms in total. The lowest BCUT2D eigenvalue weighted by atomic mass is 10.1. The van der Waals surface area contributed by atoms with Crippen LogP contribution in [0.15, 0.2) is 0 Å². The molecule has 1 unspecified atom stereocenters. The second kappa shape index (κ2) is 6.80. The van der Waals surface area contributed by atoms with Crippen molar-refractivity contribution in [3.05, 3.63) is 5.84 Å². The summed E-state index contributed by atoms with van der Waals surface area (Å²) in [5.74, 6) is 5.04. The van der Waals surface area contributed by atoms with Crippen LogP contribution in [0.5, 0.6) is 0 Å². The Labute approximate surface area is 88.0 Å². The third kappa shape index (κ3) is 7.48. The summed E-state index contributed by atoms with van der Waals surface area (Å²) >= 11 is 0. The molecule has 0 aromatic rings. The number of aliphatic carboxylic acids is 2. The Bertz CT molecular complexity index is 263. The minimum absolute atomic E-state index is 0.0255. The van der Waals surface area contributed by atoms with E-state index in [1.807, 2.05) is 0 Å². The number of hydrogen-bond donors (Lipinski definition) is 2. The standard InChI is InChI=1S/C9H16N2O4/c1-7(9(14)15)4-6-11(10)5-2-3-8(12)13/h6-7,10H,2-5H2,1H3,(H,12,13)(H,14,15). The van der Waals surface area contributed by atoms with Crippen LogP contribution < -0.4 is 0 Å². The van der Waals surface area contributed by atoms with Gasteiger partial charge in [-0.1, -0.05) is 6.92 Å². The number of nitrogens with one attached hydrogen (secondary N) is 1. The predicted octanol–water partition coefficient (Wildman–Crippen LogP) is 1.01. The maximum Gasteiger partial charge on any atom is 0.306 e. The molecule has 0 heterocycles. The Hall–Kier alpha value is -1.59. The average Bonchev–Trinajstić information content (AvgIpc) is 2.13. The highest BCUT2D eigenvalue weighted by molar-refractivity contribution is 5.73. The molecule has 6 heteroatoms. The van der Waals surface area contributed by atoms with E-state index < -0.39 is 17.9 Å². The molecule has 3 N–H and O–H groups in total. The molecular weight excluding hydrogens is 200 g/mol. The molecule has 0 radical (unpaired) electrons. The van der Waals surface area contributed by atoms with Gasteiger partial charge in [-0.05, 0) is 0 Å². The molecule has 0 saturated heterocycles. The Morgan fingerprint density at radius 2 is 2.07 bits per heavy atom. The highest BCUT2D eigenvalue weighted by Crippen LogP contribution is 1.99. The first-order valence-electron chi connectivity index (χ1n) is 4.69. The van der Waals surface area contributed by atoms with Gasteiger partial charge in [0.15, 0.2) is 0 Å². The first-order chi connectivity index (χ1) is 6.93. The van der Waals surface area contributed by atoms with Gasteiger partial charge in [-0.2, -0.15) is 0 Å². The van der Waals surface area contributed by atoms with E-state index in [0.29, 0.717) is 13.0 Å². The summed E-state index contributed by atoms with van der Waals surface area (Å²) in [5, 5.41) is 16.9. The number of rotatable bonds is 7. The van der Waals surface area contributed by atoms with E-state index in [2.05, 4.69) is 0 Å². The van der Waals surface area contributed by atoms with E-state index in [9.17, 15) is 9.59 Å². The molecule has 1 atom stereocenters. The minimum atomic E-state index is -0.898. The molecule has 0 amide bonds. The smallest absolute Gasteiger partial charge is 0.306 e. The quantitative estimate of drug-likeness (QED) is 0.376. The normalized spacial score (nSPS) is 13.5. The molecule has 0 spiro atoms. The lowest BCUT2D eigenvalue weighted by Gasteiger charge is -2.04. The zero-order valence-electron chi connectivity index (χ0n) is 8.64.